The van der Waals surface area contributed by atoms with E-state index < -0.39 is 12.1 Å². The van der Waals surface area contributed by atoms with Crippen LogP contribution in [-0.2, 0) is 14.3 Å². The number of amides is 2. The number of nitrogens with one attached hydrogen (secondary N) is 1. The molecular weight excluding hydrogens is 289 g/mol. The zero-order valence-electron chi connectivity index (χ0n) is 11.6. The molecule has 1 N–H and O–H groups in total. The number of carbonyl (C=O) groups is 2. The molecule has 0 spiro atoms. The Labute approximate surface area is 120 Å². The van der Waals surface area contributed by atoms with Crippen LogP contribution in [0.15, 0.2) is 0 Å². The van der Waals surface area contributed by atoms with Gasteiger partial charge in [0, 0.05) is 32.2 Å². The number of hydrogen-bond donors (Lipinski definition) is 1. The summed E-state index contributed by atoms with van der Waals surface area (Å²) in [5.41, 5.74) is 0. The van der Waals surface area contributed by atoms with Crippen LogP contribution in [0.2, 0.25) is 0 Å². The second kappa shape index (κ2) is 6.64. The van der Waals surface area contributed by atoms with Crippen LogP contribution in [0.25, 0.3) is 0 Å². The number of ether oxygens (including phenoxy) is 1. The molecule has 2 heterocycles. The monoisotopic (exact) mass is 308 g/mol. The lowest BCUT2D eigenvalue weighted by atomic mass is 9.95. The molecule has 0 saturated carbocycles. The van der Waals surface area contributed by atoms with Gasteiger partial charge in [0.25, 0.3) is 0 Å². The van der Waals surface area contributed by atoms with E-state index in [0.717, 1.165) is 17.7 Å². The van der Waals surface area contributed by atoms with Crippen LogP contribution in [0.3, 0.4) is 0 Å². The van der Waals surface area contributed by atoms with Crippen molar-refractivity contribution in [2.75, 3.05) is 26.2 Å². The maximum Gasteiger partial charge on any atom is 0.471 e. The van der Waals surface area contributed by atoms with Crippen molar-refractivity contribution in [3.8, 4) is 0 Å². The van der Waals surface area contributed by atoms with Crippen molar-refractivity contribution < 1.29 is 27.5 Å². The highest BCUT2D eigenvalue weighted by atomic mass is 19.4. The Morgan fingerprint density at radius 1 is 1.19 bits per heavy atom. The van der Waals surface area contributed by atoms with Crippen molar-refractivity contribution in [1.82, 2.24) is 10.2 Å². The lowest BCUT2D eigenvalue weighted by Crippen LogP contribution is -2.48. The standard InChI is InChI=1S/C13H19F3N2O3/c14-13(15,16)12(20)18-5-3-9(4-6-18)11(19)17-8-10-2-1-7-21-10/h9-10H,1-8H2,(H,17,19). The van der Waals surface area contributed by atoms with E-state index in [4.69, 9.17) is 4.74 Å². The zero-order chi connectivity index (χ0) is 15.5. The molecule has 120 valence electrons. The van der Waals surface area contributed by atoms with Crippen molar-refractivity contribution in [2.24, 2.45) is 5.92 Å². The predicted octanol–water partition coefficient (Wildman–Crippen LogP) is 1.08. The van der Waals surface area contributed by atoms with Crippen LogP contribution in [0.1, 0.15) is 25.7 Å². The van der Waals surface area contributed by atoms with E-state index in [1.807, 2.05) is 0 Å². The maximum atomic E-state index is 12.3. The minimum Gasteiger partial charge on any atom is -0.376 e. The number of alkyl halides is 3. The summed E-state index contributed by atoms with van der Waals surface area (Å²) in [5, 5.41) is 2.78. The first-order chi connectivity index (χ1) is 9.88. The number of piperidine rings is 1. The fourth-order valence-corrected chi connectivity index (χ4v) is 2.69. The van der Waals surface area contributed by atoms with Gasteiger partial charge in [-0.15, -0.1) is 0 Å². The number of halogens is 3. The summed E-state index contributed by atoms with van der Waals surface area (Å²) in [7, 11) is 0. The molecule has 0 bridgehead atoms. The largest absolute Gasteiger partial charge is 0.471 e. The van der Waals surface area contributed by atoms with Crippen LogP contribution in [0.5, 0.6) is 0 Å². The van der Waals surface area contributed by atoms with Gasteiger partial charge in [0.15, 0.2) is 0 Å². The SMILES string of the molecule is O=C(NCC1CCCO1)C1CCN(C(=O)C(F)(F)F)CC1. The molecule has 2 aliphatic rings. The summed E-state index contributed by atoms with van der Waals surface area (Å²) in [6, 6.07) is 0. The predicted molar refractivity (Wildman–Crippen MR) is 67.3 cm³/mol. The third-order valence-electron chi connectivity index (χ3n) is 3.92. The summed E-state index contributed by atoms with van der Waals surface area (Å²) >= 11 is 0. The van der Waals surface area contributed by atoms with Gasteiger partial charge >= 0.3 is 12.1 Å². The Balaban J connectivity index is 1.72. The molecule has 2 amide bonds. The number of nitrogens with zero attached hydrogens (tertiary/aromatic N) is 1. The topological polar surface area (TPSA) is 58.6 Å². The first-order valence-electron chi connectivity index (χ1n) is 7.13. The normalized spacial score (nSPS) is 24.1. The van der Waals surface area contributed by atoms with Gasteiger partial charge in [0.2, 0.25) is 5.91 Å². The third-order valence-corrected chi connectivity index (χ3v) is 3.92. The minimum atomic E-state index is -4.84. The highest BCUT2D eigenvalue weighted by Gasteiger charge is 2.43. The van der Waals surface area contributed by atoms with Crippen LogP contribution < -0.4 is 5.32 Å². The van der Waals surface area contributed by atoms with E-state index in [1.54, 1.807) is 0 Å². The smallest absolute Gasteiger partial charge is 0.376 e. The second-order valence-corrected chi connectivity index (χ2v) is 5.44. The number of hydrogen-bond acceptors (Lipinski definition) is 3. The lowest BCUT2D eigenvalue weighted by molar-refractivity contribution is -0.186. The second-order valence-electron chi connectivity index (χ2n) is 5.44. The molecular formula is C13H19F3N2O3. The summed E-state index contributed by atoms with van der Waals surface area (Å²) in [6.07, 6.45) is -2.37. The van der Waals surface area contributed by atoms with E-state index in [0.29, 0.717) is 13.2 Å². The van der Waals surface area contributed by atoms with Crippen LogP contribution in [0.4, 0.5) is 13.2 Å². The van der Waals surface area contributed by atoms with E-state index in [1.165, 1.54) is 0 Å². The van der Waals surface area contributed by atoms with Gasteiger partial charge in [-0.1, -0.05) is 0 Å². The van der Waals surface area contributed by atoms with Crippen molar-refractivity contribution in [1.29, 1.82) is 0 Å². The summed E-state index contributed by atoms with van der Waals surface area (Å²) in [6.45, 7) is 1.09. The van der Waals surface area contributed by atoms with E-state index in [2.05, 4.69) is 5.32 Å². The molecule has 0 aliphatic carbocycles. The summed E-state index contributed by atoms with van der Waals surface area (Å²) in [5.74, 6) is -2.31. The van der Waals surface area contributed by atoms with Gasteiger partial charge in [-0.2, -0.15) is 13.2 Å². The third kappa shape index (κ3) is 4.33. The van der Waals surface area contributed by atoms with Crippen LogP contribution in [0, 0.1) is 5.92 Å². The number of likely N-dealkylation sites (tertiary alicyclic amines) is 1. The maximum absolute atomic E-state index is 12.3. The van der Waals surface area contributed by atoms with Crippen molar-refractivity contribution in [3.05, 3.63) is 0 Å². The molecule has 0 aromatic heterocycles. The molecule has 5 nitrogen and oxygen atoms in total. The Morgan fingerprint density at radius 3 is 2.38 bits per heavy atom. The first-order valence-corrected chi connectivity index (χ1v) is 7.13. The van der Waals surface area contributed by atoms with Crippen molar-refractivity contribution in [2.45, 2.75) is 38.0 Å². The number of rotatable bonds is 3. The fourth-order valence-electron chi connectivity index (χ4n) is 2.69. The Morgan fingerprint density at radius 2 is 1.86 bits per heavy atom. The molecule has 21 heavy (non-hydrogen) atoms. The van der Waals surface area contributed by atoms with Gasteiger partial charge in [0.1, 0.15) is 0 Å². The summed E-state index contributed by atoms with van der Waals surface area (Å²) in [4.78, 5) is 23.8. The van der Waals surface area contributed by atoms with E-state index in [9.17, 15) is 22.8 Å². The molecule has 2 aliphatic heterocycles. The molecule has 2 saturated heterocycles. The Hall–Kier alpha value is -1.31. The molecule has 8 heteroatoms. The average Bonchev–Trinajstić information content (AvgIpc) is 2.96. The van der Waals surface area contributed by atoms with E-state index in [-0.39, 0.29) is 43.9 Å². The average molecular weight is 308 g/mol. The quantitative estimate of drug-likeness (QED) is 0.849. The van der Waals surface area contributed by atoms with Crippen molar-refractivity contribution >= 4 is 11.8 Å². The Bertz CT molecular complexity index is 387. The molecule has 0 aromatic rings. The van der Waals surface area contributed by atoms with Crippen molar-refractivity contribution in [3.63, 3.8) is 0 Å². The van der Waals surface area contributed by atoms with Gasteiger partial charge in [-0.05, 0) is 25.7 Å². The number of carbonyl (C=O) groups excluding carboxylic acids is 2. The van der Waals surface area contributed by atoms with Gasteiger partial charge in [-0.25, -0.2) is 0 Å². The van der Waals surface area contributed by atoms with Gasteiger partial charge in [0.05, 0.1) is 6.10 Å². The zero-order valence-corrected chi connectivity index (χ0v) is 11.6. The minimum absolute atomic E-state index is 0.0314. The van der Waals surface area contributed by atoms with Crippen LogP contribution in [-0.4, -0.2) is 55.2 Å². The first kappa shape index (κ1) is 16.1. The molecule has 1 unspecified atom stereocenters. The molecule has 2 fully saturated rings. The lowest BCUT2D eigenvalue weighted by Gasteiger charge is -2.31. The molecule has 0 radical (unpaired) electrons. The van der Waals surface area contributed by atoms with Gasteiger partial charge < -0.3 is 15.0 Å². The summed E-state index contributed by atoms with van der Waals surface area (Å²) < 4.78 is 42.3. The fraction of sp³-hybridized carbons (Fsp3) is 0.846. The Kier molecular flexibility index (Phi) is 5.08. The molecule has 2 rings (SSSR count). The van der Waals surface area contributed by atoms with Gasteiger partial charge in [-0.3, -0.25) is 9.59 Å². The highest BCUT2D eigenvalue weighted by Crippen LogP contribution is 2.24. The van der Waals surface area contributed by atoms with E-state index >= 15 is 0 Å². The molecule has 1 atom stereocenters. The van der Waals surface area contributed by atoms with Crippen LogP contribution >= 0.6 is 0 Å². The molecule has 0 aromatic carbocycles. The highest BCUT2D eigenvalue weighted by molar-refractivity contribution is 5.83.